The van der Waals surface area contributed by atoms with Gasteiger partial charge in [0.05, 0.1) is 0 Å². The van der Waals surface area contributed by atoms with Crippen molar-refractivity contribution in [3.05, 3.63) is 82.5 Å². The maximum absolute atomic E-state index is 13.2. The predicted molar refractivity (Wildman–Crippen MR) is 95.1 cm³/mol. The van der Waals surface area contributed by atoms with Crippen molar-refractivity contribution >= 4 is 29.0 Å². The van der Waals surface area contributed by atoms with Crippen molar-refractivity contribution in [3.63, 3.8) is 0 Å². The van der Waals surface area contributed by atoms with E-state index in [0.717, 1.165) is 17.7 Å². The lowest BCUT2D eigenvalue weighted by Crippen LogP contribution is -2.15. The quantitative estimate of drug-likeness (QED) is 0.699. The Kier molecular flexibility index (Phi) is 5.38. The molecule has 2 N–H and O–H groups in total. The summed E-state index contributed by atoms with van der Waals surface area (Å²) in [5.74, 6) is -2.12. The Bertz CT molecular complexity index is 917. The van der Waals surface area contributed by atoms with Gasteiger partial charge in [0.2, 0.25) is 0 Å². The molecular weight excluding hydrogens is 362 g/mol. The van der Waals surface area contributed by atoms with Gasteiger partial charge in [-0.2, -0.15) is 0 Å². The van der Waals surface area contributed by atoms with Crippen LogP contribution in [0.2, 0.25) is 5.02 Å². The minimum Gasteiger partial charge on any atom is -0.365 e. The molecule has 2 aromatic carbocycles. The van der Waals surface area contributed by atoms with Gasteiger partial charge in [-0.05, 0) is 42.0 Å². The average Bonchev–Trinajstić information content (AvgIpc) is 2.65. The molecule has 1 amide bonds. The van der Waals surface area contributed by atoms with Gasteiger partial charge in [-0.3, -0.25) is 4.79 Å². The lowest BCUT2D eigenvalue weighted by Gasteiger charge is -2.07. The molecule has 0 aliphatic rings. The molecule has 0 saturated heterocycles. The number of hydrogen-bond acceptors (Lipinski definition) is 4. The highest BCUT2D eigenvalue weighted by atomic mass is 35.5. The molecule has 3 rings (SSSR count). The van der Waals surface area contributed by atoms with Crippen LogP contribution in [-0.4, -0.2) is 16.1 Å². The third kappa shape index (κ3) is 4.52. The molecule has 0 unspecified atom stereocenters. The number of amides is 1. The van der Waals surface area contributed by atoms with Crippen molar-refractivity contribution in [2.75, 3.05) is 10.6 Å². The molecule has 0 aliphatic heterocycles. The number of nitrogens with one attached hydrogen (secondary N) is 2. The Morgan fingerprint density at radius 1 is 0.962 bits per heavy atom. The Hall–Kier alpha value is -3.06. The molecule has 3 aromatic rings. The van der Waals surface area contributed by atoms with E-state index in [-0.39, 0.29) is 11.4 Å². The zero-order chi connectivity index (χ0) is 18.5. The van der Waals surface area contributed by atoms with Crippen LogP contribution in [0.25, 0.3) is 0 Å². The minimum absolute atomic E-state index is 0.0479. The van der Waals surface area contributed by atoms with Crippen LogP contribution in [-0.2, 0) is 6.54 Å². The van der Waals surface area contributed by atoms with Crippen molar-refractivity contribution < 1.29 is 13.6 Å². The molecule has 0 bridgehead atoms. The van der Waals surface area contributed by atoms with Crippen molar-refractivity contribution in [2.45, 2.75) is 6.54 Å². The molecule has 0 atom stereocenters. The molecule has 0 fully saturated rings. The monoisotopic (exact) mass is 374 g/mol. The third-order valence-corrected chi connectivity index (χ3v) is 3.71. The Morgan fingerprint density at radius 3 is 2.38 bits per heavy atom. The Balaban J connectivity index is 1.60. The summed E-state index contributed by atoms with van der Waals surface area (Å²) in [6.45, 7) is 0.520. The summed E-state index contributed by atoms with van der Waals surface area (Å²) in [5, 5.41) is 13.9. The van der Waals surface area contributed by atoms with Crippen LogP contribution in [0, 0.1) is 11.6 Å². The van der Waals surface area contributed by atoms with Gasteiger partial charge >= 0.3 is 0 Å². The minimum atomic E-state index is -1.05. The predicted octanol–water partition coefficient (Wildman–Crippen LogP) is 4.27. The van der Waals surface area contributed by atoms with Crippen LogP contribution >= 0.6 is 11.6 Å². The van der Waals surface area contributed by atoms with Gasteiger partial charge in [0.1, 0.15) is 5.82 Å². The molecular formula is C18H13ClF2N4O. The van der Waals surface area contributed by atoms with E-state index in [2.05, 4.69) is 20.8 Å². The van der Waals surface area contributed by atoms with Crippen LogP contribution in [0.1, 0.15) is 16.1 Å². The summed E-state index contributed by atoms with van der Waals surface area (Å²) < 4.78 is 26.1. The van der Waals surface area contributed by atoms with E-state index in [1.807, 2.05) is 12.1 Å². The molecule has 1 aromatic heterocycles. The van der Waals surface area contributed by atoms with E-state index in [9.17, 15) is 13.6 Å². The smallest absolute Gasteiger partial charge is 0.276 e. The summed E-state index contributed by atoms with van der Waals surface area (Å²) >= 11 is 5.83. The molecule has 0 saturated carbocycles. The van der Waals surface area contributed by atoms with Crippen LogP contribution in [0.4, 0.5) is 20.3 Å². The van der Waals surface area contributed by atoms with Gasteiger partial charge in [0.15, 0.2) is 17.3 Å². The second-order valence-electron chi connectivity index (χ2n) is 5.37. The fourth-order valence-corrected chi connectivity index (χ4v) is 2.24. The SMILES string of the molecule is O=C(Nc1ccc(F)c(F)c1)c1ccc(NCc2ccc(Cl)cc2)nn1. The highest BCUT2D eigenvalue weighted by molar-refractivity contribution is 6.30. The number of carbonyl (C=O) groups is 1. The number of aromatic nitrogens is 2. The molecule has 132 valence electrons. The van der Waals surface area contributed by atoms with Crippen LogP contribution in [0.3, 0.4) is 0 Å². The average molecular weight is 375 g/mol. The summed E-state index contributed by atoms with van der Waals surface area (Å²) in [7, 11) is 0. The lowest BCUT2D eigenvalue weighted by atomic mass is 10.2. The first kappa shape index (κ1) is 17.8. The van der Waals surface area contributed by atoms with Gasteiger partial charge < -0.3 is 10.6 Å². The first-order chi connectivity index (χ1) is 12.5. The molecule has 0 spiro atoms. The van der Waals surface area contributed by atoms with Crippen molar-refractivity contribution in [2.24, 2.45) is 0 Å². The van der Waals surface area contributed by atoms with Gasteiger partial charge in [0.25, 0.3) is 5.91 Å². The summed E-state index contributed by atoms with van der Waals surface area (Å²) in [5.41, 5.74) is 1.18. The second-order valence-corrected chi connectivity index (χ2v) is 5.80. The molecule has 1 heterocycles. The van der Waals surface area contributed by atoms with Crippen molar-refractivity contribution in [1.29, 1.82) is 0 Å². The molecule has 8 heteroatoms. The molecule has 0 radical (unpaired) electrons. The standard InChI is InChI=1S/C18H13ClF2N4O/c19-12-3-1-11(2-4-12)10-22-17-8-7-16(24-25-17)18(26)23-13-5-6-14(20)15(21)9-13/h1-9H,10H2,(H,22,25)(H,23,26). The maximum atomic E-state index is 13.2. The van der Waals surface area contributed by atoms with E-state index in [1.54, 1.807) is 18.2 Å². The van der Waals surface area contributed by atoms with Crippen molar-refractivity contribution in [1.82, 2.24) is 10.2 Å². The van der Waals surface area contributed by atoms with E-state index in [0.29, 0.717) is 17.4 Å². The van der Waals surface area contributed by atoms with Gasteiger partial charge in [-0.1, -0.05) is 23.7 Å². The third-order valence-electron chi connectivity index (χ3n) is 3.46. The highest BCUT2D eigenvalue weighted by Gasteiger charge is 2.10. The highest BCUT2D eigenvalue weighted by Crippen LogP contribution is 2.14. The molecule has 5 nitrogen and oxygen atoms in total. The van der Waals surface area contributed by atoms with Crippen LogP contribution < -0.4 is 10.6 Å². The fourth-order valence-electron chi connectivity index (χ4n) is 2.11. The fraction of sp³-hybridized carbons (Fsp3) is 0.0556. The van der Waals surface area contributed by atoms with E-state index in [1.165, 1.54) is 12.1 Å². The summed E-state index contributed by atoms with van der Waals surface area (Å²) in [6.07, 6.45) is 0. The van der Waals surface area contributed by atoms with Crippen molar-refractivity contribution in [3.8, 4) is 0 Å². The molecule has 0 aliphatic carbocycles. The van der Waals surface area contributed by atoms with E-state index < -0.39 is 17.5 Å². The van der Waals surface area contributed by atoms with Gasteiger partial charge in [-0.25, -0.2) is 8.78 Å². The largest absolute Gasteiger partial charge is 0.365 e. The van der Waals surface area contributed by atoms with Crippen LogP contribution in [0.15, 0.2) is 54.6 Å². The Labute approximate surface area is 153 Å². The first-order valence-corrected chi connectivity index (χ1v) is 7.97. The number of carbonyl (C=O) groups excluding carboxylic acids is 1. The summed E-state index contributed by atoms with van der Waals surface area (Å²) in [4.78, 5) is 12.1. The number of anilines is 2. The normalized spacial score (nSPS) is 10.4. The first-order valence-electron chi connectivity index (χ1n) is 7.60. The molecule has 26 heavy (non-hydrogen) atoms. The zero-order valence-corrected chi connectivity index (χ0v) is 14.1. The second kappa shape index (κ2) is 7.88. The Morgan fingerprint density at radius 2 is 1.73 bits per heavy atom. The maximum Gasteiger partial charge on any atom is 0.276 e. The van der Waals surface area contributed by atoms with Gasteiger partial charge in [0, 0.05) is 23.3 Å². The zero-order valence-electron chi connectivity index (χ0n) is 13.3. The van der Waals surface area contributed by atoms with Crippen LogP contribution in [0.5, 0.6) is 0 Å². The summed E-state index contributed by atoms with van der Waals surface area (Å²) in [6, 6.07) is 13.5. The van der Waals surface area contributed by atoms with E-state index in [4.69, 9.17) is 11.6 Å². The van der Waals surface area contributed by atoms with E-state index >= 15 is 0 Å². The number of nitrogens with zero attached hydrogens (tertiary/aromatic N) is 2. The number of halogens is 3. The van der Waals surface area contributed by atoms with Gasteiger partial charge in [-0.15, -0.1) is 10.2 Å². The number of benzene rings is 2. The topological polar surface area (TPSA) is 66.9 Å². The number of hydrogen-bond donors (Lipinski definition) is 2. The number of rotatable bonds is 5. The lowest BCUT2D eigenvalue weighted by molar-refractivity contribution is 0.102.